The number of rotatable bonds is 7. The van der Waals surface area contributed by atoms with Crippen LogP contribution in [0.4, 0.5) is 0 Å². The number of halogens is 2. The fourth-order valence-corrected chi connectivity index (χ4v) is 5.60. The summed E-state index contributed by atoms with van der Waals surface area (Å²) in [4.78, 5) is 14.7. The maximum Gasteiger partial charge on any atom is 0.223 e. The number of carbonyl (C=O) groups is 1. The molecule has 1 N–H and O–H groups in total. The SMILES string of the molecule is O=C(NCCSC1CCCC1)C1CCN(Cc2c(Cl)cccc2Cl)CC1. The average Bonchev–Trinajstić information content (AvgIpc) is 3.16. The van der Waals surface area contributed by atoms with Gasteiger partial charge in [-0.05, 0) is 50.9 Å². The van der Waals surface area contributed by atoms with Crippen molar-refractivity contribution >= 4 is 40.9 Å². The van der Waals surface area contributed by atoms with E-state index in [2.05, 4.69) is 10.2 Å². The third-order valence-corrected chi connectivity index (χ3v) is 7.55. The lowest BCUT2D eigenvalue weighted by molar-refractivity contribution is -0.126. The van der Waals surface area contributed by atoms with Crippen LogP contribution >= 0.6 is 35.0 Å². The van der Waals surface area contributed by atoms with Gasteiger partial charge in [0, 0.05) is 45.6 Å². The van der Waals surface area contributed by atoms with Crippen LogP contribution in [-0.2, 0) is 11.3 Å². The highest BCUT2D eigenvalue weighted by Crippen LogP contribution is 2.29. The summed E-state index contributed by atoms with van der Waals surface area (Å²) in [6.07, 6.45) is 7.27. The molecule has 6 heteroatoms. The Morgan fingerprint density at radius 3 is 2.42 bits per heavy atom. The van der Waals surface area contributed by atoms with E-state index >= 15 is 0 Å². The third-order valence-electron chi connectivity index (χ3n) is 5.46. The Bertz CT molecular complexity index is 579. The third kappa shape index (κ3) is 5.79. The smallest absolute Gasteiger partial charge is 0.223 e. The first-order chi connectivity index (χ1) is 12.6. The van der Waals surface area contributed by atoms with Gasteiger partial charge in [0.15, 0.2) is 0 Å². The lowest BCUT2D eigenvalue weighted by Gasteiger charge is -2.31. The van der Waals surface area contributed by atoms with Gasteiger partial charge >= 0.3 is 0 Å². The highest BCUT2D eigenvalue weighted by Gasteiger charge is 2.25. The van der Waals surface area contributed by atoms with E-state index in [1.165, 1.54) is 25.7 Å². The number of piperidine rings is 1. The summed E-state index contributed by atoms with van der Waals surface area (Å²) in [5.41, 5.74) is 0.989. The molecule has 0 bridgehead atoms. The van der Waals surface area contributed by atoms with E-state index in [4.69, 9.17) is 23.2 Å². The number of likely N-dealkylation sites (tertiary alicyclic amines) is 1. The molecule has 1 heterocycles. The second kappa shape index (κ2) is 10.2. The Labute approximate surface area is 171 Å². The molecule has 1 saturated carbocycles. The van der Waals surface area contributed by atoms with Crippen LogP contribution in [0.5, 0.6) is 0 Å². The molecule has 144 valence electrons. The molecule has 2 fully saturated rings. The van der Waals surface area contributed by atoms with Crippen LogP contribution in [0.2, 0.25) is 10.0 Å². The zero-order valence-electron chi connectivity index (χ0n) is 15.2. The maximum absolute atomic E-state index is 12.4. The molecule has 0 atom stereocenters. The Morgan fingerprint density at radius 1 is 1.12 bits per heavy atom. The van der Waals surface area contributed by atoms with Gasteiger partial charge in [0.25, 0.3) is 0 Å². The fraction of sp³-hybridized carbons (Fsp3) is 0.650. The first-order valence-corrected chi connectivity index (χ1v) is 11.5. The van der Waals surface area contributed by atoms with Gasteiger partial charge in [-0.15, -0.1) is 0 Å². The molecule has 26 heavy (non-hydrogen) atoms. The molecule has 1 saturated heterocycles. The number of thioether (sulfide) groups is 1. The standard InChI is InChI=1S/C20H28Cl2N2OS/c21-18-6-3-7-19(22)17(18)14-24-11-8-15(9-12-24)20(25)23-10-13-26-16-4-1-2-5-16/h3,6-7,15-16H,1-2,4-5,8-14H2,(H,23,25). The maximum atomic E-state index is 12.4. The zero-order chi connectivity index (χ0) is 18.4. The molecule has 1 aromatic rings. The molecule has 0 unspecified atom stereocenters. The monoisotopic (exact) mass is 414 g/mol. The minimum absolute atomic E-state index is 0.143. The topological polar surface area (TPSA) is 32.3 Å². The summed E-state index contributed by atoms with van der Waals surface area (Å²) < 4.78 is 0. The lowest BCUT2D eigenvalue weighted by Crippen LogP contribution is -2.40. The van der Waals surface area contributed by atoms with E-state index < -0.39 is 0 Å². The molecule has 3 rings (SSSR count). The highest BCUT2D eigenvalue weighted by atomic mass is 35.5. The summed E-state index contributed by atoms with van der Waals surface area (Å²) in [6, 6.07) is 5.63. The Kier molecular flexibility index (Phi) is 7.98. The minimum atomic E-state index is 0.143. The second-order valence-corrected chi connectivity index (χ2v) is 9.54. The van der Waals surface area contributed by atoms with Crippen molar-refractivity contribution in [3.63, 3.8) is 0 Å². The molecule has 0 spiro atoms. The predicted octanol–water partition coefficient (Wildman–Crippen LogP) is 5.00. The minimum Gasteiger partial charge on any atom is -0.355 e. The Balaban J connectivity index is 1.35. The highest BCUT2D eigenvalue weighted by molar-refractivity contribution is 7.99. The van der Waals surface area contributed by atoms with Gasteiger partial charge in [0.05, 0.1) is 0 Å². The van der Waals surface area contributed by atoms with Gasteiger partial charge in [-0.2, -0.15) is 11.8 Å². The predicted molar refractivity (Wildman–Crippen MR) is 112 cm³/mol. The van der Waals surface area contributed by atoms with Gasteiger partial charge in [-0.25, -0.2) is 0 Å². The molecule has 1 aliphatic heterocycles. The van der Waals surface area contributed by atoms with E-state index in [0.717, 1.165) is 65.6 Å². The van der Waals surface area contributed by atoms with Crippen LogP contribution in [0.25, 0.3) is 0 Å². The molecule has 0 aromatic heterocycles. The molecular formula is C20H28Cl2N2OS. The van der Waals surface area contributed by atoms with Gasteiger partial charge in [-0.3, -0.25) is 9.69 Å². The number of amides is 1. The average molecular weight is 415 g/mol. The summed E-state index contributed by atoms with van der Waals surface area (Å²) in [5.74, 6) is 1.41. The fourth-order valence-electron chi connectivity index (χ4n) is 3.86. The number of benzene rings is 1. The number of carbonyl (C=O) groups excluding carboxylic acids is 1. The summed E-state index contributed by atoms with van der Waals surface area (Å²) in [7, 11) is 0. The summed E-state index contributed by atoms with van der Waals surface area (Å²) in [6.45, 7) is 3.38. The second-order valence-electron chi connectivity index (χ2n) is 7.32. The molecular weight excluding hydrogens is 387 g/mol. The van der Waals surface area contributed by atoms with Crippen molar-refractivity contribution in [2.24, 2.45) is 5.92 Å². The van der Waals surface area contributed by atoms with Crippen molar-refractivity contribution in [2.75, 3.05) is 25.4 Å². The van der Waals surface area contributed by atoms with Gasteiger partial charge in [0.1, 0.15) is 0 Å². The molecule has 2 aliphatic rings. The van der Waals surface area contributed by atoms with Crippen LogP contribution in [0, 0.1) is 5.92 Å². The molecule has 1 aliphatic carbocycles. The molecule has 3 nitrogen and oxygen atoms in total. The van der Waals surface area contributed by atoms with E-state index in [1.54, 1.807) is 0 Å². The van der Waals surface area contributed by atoms with Crippen LogP contribution in [0.3, 0.4) is 0 Å². The first kappa shape index (κ1) is 20.3. The van der Waals surface area contributed by atoms with Crippen molar-refractivity contribution < 1.29 is 4.79 Å². The van der Waals surface area contributed by atoms with E-state index in [1.807, 2.05) is 30.0 Å². The van der Waals surface area contributed by atoms with Crippen LogP contribution in [-0.4, -0.2) is 41.4 Å². The largest absolute Gasteiger partial charge is 0.355 e. The lowest BCUT2D eigenvalue weighted by atomic mass is 9.95. The Morgan fingerprint density at radius 2 is 1.77 bits per heavy atom. The number of nitrogens with zero attached hydrogens (tertiary/aromatic N) is 1. The summed E-state index contributed by atoms with van der Waals surface area (Å²) >= 11 is 14.6. The molecule has 1 amide bonds. The van der Waals surface area contributed by atoms with E-state index in [0.29, 0.717) is 0 Å². The zero-order valence-corrected chi connectivity index (χ0v) is 17.5. The van der Waals surface area contributed by atoms with Crippen LogP contribution in [0.15, 0.2) is 18.2 Å². The first-order valence-electron chi connectivity index (χ1n) is 9.68. The van der Waals surface area contributed by atoms with Crippen molar-refractivity contribution in [1.82, 2.24) is 10.2 Å². The van der Waals surface area contributed by atoms with Crippen molar-refractivity contribution in [3.8, 4) is 0 Å². The van der Waals surface area contributed by atoms with Crippen LogP contribution in [0.1, 0.15) is 44.1 Å². The van der Waals surface area contributed by atoms with E-state index in [-0.39, 0.29) is 11.8 Å². The van der Waals surface area contributed by atoms with Crippen molar-refractivity contribution in [2.45, 2.75) is 50.3 Å². The Hall–Kier alpha value is -0.420. The van der Waals surface area contributed by atoms with Gasteiger partial charge in [-0.1, -0.05) is 42.1 Å². The van der Waals surface area contributed by atoms with Gasteiger partial charge in [0.2, 0.25) is 5.91 Å². The van der Waals surface area contributed by atoms with Crippen LogP contribution < -0.4 is 5.32 Å². The van der Waals surface area contributed by atoms with Crippen molar-refractivity contribution in [1.29, 1.82) is 0 Å². The molecule has 0 radical (unpaired) electrons. The van der Waals surface area contributed by atoms with Gasteiger partial charge < -0.3 is 5.32 Å². The van der Waals surface area contributed by atoms with Crippen molar-refractivity contribution in [3.05, 3.63) is 33.8 Å². The quantitative estimate of drug-likeness (QED) is 0.637. The number of hydrogen-bond donors (Lipinski definition) is 1. The summed E-state index contributed by atoms with van der Waals surface area (Å²) in [5, 5.41) is 5.40. The normalized spacial score (nSPS) is 19.8. The number of nitrogens with one attached hydrogen (secondary N) is 1. The van der Waals surface area contributed by atoms with E-state index in [9.17, 15) is 4.79 Å². The number of hydrogen-bond acceptors (Lipinski definition) is 3. The molecule has 1 aromatic carbocycles.